The first-order chi connectivity index (χ1) is 18.0. The first-order valence-electron chi connectivity index (χ1n) is 11.5. The minimum Gasteiger partial charge on any atom is -0.485 e. The molecule has 0 saturated carbocycles. The Kier molecular flexibility index (Phi) is 6.04. The lowest BCUT2D eigenvalue weighted by molar-refractivity contribution is 0.294. The second-order valence-electron chi connectivity index (χ2n) is 8.41. The zero-order valence-corrected chi connectivity index (χ0v) is 21.3. The predicted molar refractivity (Wildman–Crippen MR) is 145 cm³/mol. The van der Waals surface area contributed by atoms with Crippen molar-refractivity contribution in [2.75, 3.05) is 0 Å². The summed E-state index contributed by atoms with van der Waals surface area (Å²) >= 11 is 7.39. The Morgan fingerprint density at radius 2 is 1.73 bits per heavy atom. The number of aromatic nitrogens is 5. The van der Waals surface area contributed by atoms with Gasteiger partial charge >= 0.3 is 0 Å². The van der Waals surface area contributed by atoms with Crippen LogP contribution < -0.4 is 14.8 Å². The highest BCUT2D eigenvalue weighted by molar-refractivity contribution is 7.15. The zero-order valence-electron chi connectivity index (χ0n) is 19.7. The lowest BCUT2D eigenvalue weighted by atomic mass is 10.1. The van der Waals surface area contributed by atoms with Crippen LogP contribution in [0.2, 0.25) is 5.02 Å². The second kappa shape index (κ2) is 9.65. The zero-order chi connectivity index (χ0) is 25.4. The van der Waals surface area contributed by atoms with Crippen LogP contribution in [0.4, 0.5) is 0 Å². The Labute approximate surface area is 220 Å². The fraction of sp³-hybridized carbons (Fsp3) is 0.0714. The minimum atomic E-state index is -0.232. The van der Waals surface area contributed by atoms with Gasteiger partial charge in [-0.3, -0.25) is 4.79 Å². The molecule has 0 bridgehead atoms. The molecule has 3 aromatic heterocycles. The van der Waals surface area contributed by atoms with E-state index in [0.717, 1.165) is 33.8 Å². The Morgan fingerprint density at radius 1 is 0.973 bits per heavy atom. The van der Waals surface area contributed by atoms with Gasteiger partial charge < -0.3 is 4.74 Å². The van der Waals surface area contributed by atoms with Gasteiger partial charge in [-0.25, -0.2) is 4.68 Å². The molecule has 37 heavy (non-hydrogen) atoms. The first-order valence-corrected chi connectivity index (χ1v) is 12.7. The number of hydrogen-bond donors (Lipinski definition) is 0. The van der Waals surface area contributed by atoms with Crippen LogP contribution in [0, 0.1) is 6.92 Å². The van der Waals surface area contributed by atoms with E-state index in [1.165, 1.54) is 15.9 Å². The molecule has 0 atom stereocenters. The summed E-state index contributed by atoms with van der Waals surface area (Å²) in [6.07, 6.45) is 3.75. The van der Waals surface area contributed by atoms with Gasteiger partial charge in [-0.05, 0) is 48.9 Å². The van der Waals surface area contributed by atoms with E-state index in [0.29, 0.717) is 20.3 Å². The molecular weight excluding hydrogens is 506 g/mol. The molecule has 0 radical (unpaired) electrons. The van der Waals surface area contributed by atoms with Gasteiger partial charge in [0.25, 0.3) is 5.56 Å². The van der Waals surface area contributed by atoms with E-state index >= 15 is 0 Å². The first kappa shape index (κ1) is 23.1. The number of hydrogen-bond acceptors (Lipinski definition) is 6. The molecule has 6 rings (SSSR count). The summed E-state index contributed by atoms with van der Waals surface area (Å²) in [7, 11) is 0. The molecule has 3 aromatic carbocycles. The number of fused-ring (bicyclic) bond motifs is 1. The van der Waals surface area contributed by atoms with E-state index in [2.05, 4.69) is 10.1 Å². The van der Waals surface area contributed by atoms with Crippen molar-refractivity contribution in [1.29, 1.82) is 0 Å². The SMILES string of the molecule is Cc1ccccc1OCc1nc2s/c(=C\c3cn(-c4ccccc4)nc3-c3ccc(Cl)cc3)c(=O)n2n1. The summed E-state index contributed by atoms with van der Waals surface area (Å²) in [5.74, 6) is 1.22. The summed E-state index contributed by atoms with van der Waals surface area (Å²) in [5.41, 5.74) is 4.15. The van der Waals surface area contributed by atoms with E-state index in [1.807, 2.05) is 98.1 Å². The quantitative estimate of drug-likeness (QED) is 0.303. The number of nitrogens with zero attached hydrogens (tertiary/aromatic N) is 5. The maximum atomic E-state index is 13.2. The van der Waals surface area contributed by atoms with Crippen LogP contribution in [0.15, 0.2) is 89.9 Å². The Bertz CT molecular complexity index is 1820. The lowest BCUT2D eigenvalue weighted by Crippen LogP contribution is -2.24. The van der Waals surface area contributed by atoms with Crippen LogP contribution in [-0.2, 0) is 6.61 Å². The van der Waals surface area contributed by atoms with Gasteiger partial charge in [0.1, 0.15) is 18.1 Å². The van der Waals surface area contributed by atoms with Crippen molar-refractivity contribution in [3.8, 4) is 22.7 Å². The molecule has 0 unspecified atom stereocenters. The molecule has 0 saturated heterocycles. The molecule has 0 amide bonds. The van der Waals surface area contributed by atoms with Gasteiger partial charge in [0.2, 0.25) is 4.96 Å². The van der Waals surface area contributed by atoms with Crippen LogP contribution in [0.5, 0.6) is 5.75 Å². The molecule has 0 aliphatic rings. The van der Waals surface area contributed by atoms with Gasteiger partial charge in [-0.15, -0.1) is 5.10 Å². The molecule has 9 heteroatoms. The van der Waals surface area contributed by atoms with Crippen LogP contribution >= 0.6 is 22.9 Å². The Morgan fingerprint density at radius 3 is 2.49 bits per heavy atom. The molecule has 0 aliphatic heterocycles. The number of thiazole rings is 1. The average Bonchev–Trinajstić information content (AvgIpc) is 3.60. The van der Waals surface area contributed by atoms with Crippen molar-refractivity contribution < 1.29 is 4.74 Å². The van der Waals surface area contributed by atoms with Crippen LogP contribution in [0.25, 0.3) is 28.0 Å². The normalized spacial score (nSPS) is 11.9. The van der Waals surface area contributed by atoms with Crippen molar-refractivity contribution in [3.05, 3.63) is 122 Å². The number of rotatable bonds is 6. The minimum absolute atomic E-state index is 0.183. The molecule has 3 heterocycles. The van der Waals surface area contributed by atoms with Gasteiger partial charge in [-0.2, -0.15) is 14.6 Å². The molecule has 0 fully saturated rings. The van der Waals surface area contributed by atoms with Crippen molar-refractivity contribution in [2.24, 2.45) is 0 Å². The van der Waals surface area contributed by atoms with Gasteiger partial charge in [-0.1, -0.05) is 71.5 Å². The Hall–Kier alpha value is -4.27. The van der Waals surface area contributed by atoms with E-state index in [9.17, 15) is 4.79 Å². The van der Waals surface area contributed by atoms with Gasteiger partial charge in [0.15, 0.2) is 5.82 Å². The van der Waals surface area contributed by atoms with E-state index in [-0.39, 0.29) is 12.2 Å². The average molecular weight is 526 g/mol. The van der Waals surface area contributed by atoms with Crippen molar-refractivity contribution in [2.45, 2.75) is 13.5 Å². The molecule has 0 N–H and O–H groups in total. The van der Waals surface area contributed by atoms with Crippen LogP contribution in [0.3, 0.4) is 0 Å². The highest BCUT2D eigenvalue weighted by Gasteiger charge is 2.15. The summed E-state index contributed by atoms with van der Waals surface area (Å²) in [4.78, 5) is 18.2. The smallest absolute Gasteiger partial charge is 0.291 e. The molecule has 0 aliphatic carbocycles. The number of halogens is 1. The topological polar surface area (TPSA) is 74.3 Å². The van der Waals surface area contributed by atoms with E-state index < -0.39 is 0 Å². The number of ether oxygens (including phenoxy) is 1. The van der Waals surface area contributed by atoms with Crippen LogP contribution in [-0.4, -0.2) is 24.4 Å². The van der Waals surface area contributed by atoms with Crippen molar-refractivity contribution >= 4 is 34.0 Å². The predicted octanol–water partition coefficient (Wildman–Crippen LogP) is 5.09. The van der Waals surface area contributed by atoms with Gasteiger partial charge in [0.05, 0.1) is 10.2 Å². The molecule has 182 valence electrons. The summed E-state index contributed by atoms with van der Waals surface area (Å²) < 4.78 is 9.49. The maximum Gasteiger partial charge on any atom is 0.291 e. The third kappa shape index (κ3) is 4.64. The van der Waals surface area contributed by atoms with Crippen molar-refractivity contribution in [3.63, 3.8) is 0 Å². The highest BCUT2D eigenvalue weighted by Crippen LogP contribution is 2.26. The number of benzene rings is 3. The fourth-order valence-electron chi connectivity index (χ4n) is 3.98. The largest absolute Gasteiger partial charge is 0.485 e. The molecule has 7 nitrogen and oxygen atoms in total. The number of aryl methyl sites for hydroxylation is 1. The maximum absolute atomic E-state index is 13.2. The molecular formula is C28H20ClN5O2S. The van der Waals surface area contributed by atoms with Gasteiger partial charge in [0, 0.05) is 22.3 Å². The van der Waals surface area contributed by atoms with E-state index in [4.69, 9.17) is 21.4 Å². The summed E-state index contributed by atoms with van der Waals surface area (Å²) in [5, 5.41) is 9.84. The van der Waals surface area contributed by atoms with E-state index in [1.54, 1.807) is 4.68 Å². The monoisotopic (exact) mass is 525 g/mol. The molecule has 6 aromatic rings. The summed E-state index contributed by atoms with van der Waals surface area (Å²) in [6, 6.07) is 25.0. The fourth-order valence-corrected chi connectivity index (χ4v) is 5.02. The number of para-hydroxylation sites is 2. The van der Waals surface area contributed by atoms with Crippen molar-refractivity contribution in [1.82, 2.24) is 24.4 Å². The third-order valence-corrected chi connectivity index (χ3v) is 7.05. The second-order valence-corrected chi connectivity index (χ2v) is 9.86. The van der Waals surface area contributed by atoms with Crippen LogP contribution in [0.1, 0.15) is 17.0 Å². The standard InChI is InChI=1S/C28H20ClN5O2S/c1-18-7-5-6-10-23(18)36-17-25-30-28-34(31-25)27(35)24(37-28)15-20-16-33(22-8-3-2-4-9-22)32-26(20)19-11-13-21(29)14-12-19/h2-16H,17H2,1H3/b24-15-. The molecule has 0 spiro atoms. The Balaban J connectivity index is 1.38. The lowest BCUT2D eigenvalue weighted by Gasteiger charge is -2.05. The highest BCUT2D eigenvalue weighted by atomic mass is 35.5. The third-order valence-electron chi connectivity index (χ3n) is 5.84. The summed E-state index contributed by atoms with van der Waals surface area (Å²) in [6.45, 7) is 2.16.